The van der Waals surface area contributed by atoms with Gasteiger partial charge in [0, 0.05) is 35.6 Å². The van der Waals surface area contributed by atoms with Crippen LogP contribution in [0.25, 0.3) is 10.9 Å². The fraction of sp³-hybridized carbons (Fsp3) is 0.318. The van der Waals surface area contributed by atoms with E-state index < -0.39 is 5.82 Å². The maximum atomic E-state index is 14.1. The third-order valence-corrected chi connectivity index (χ3v) is 5.93. The molecule has 2 aromatic carbocycles. The van der Waals surface area contributed by atoms with E-state index in [1.165, 1.54) is 34.3 Å². The van der Waals surface area contributed by atoms with Crippen LogP contribution in [0.15, 0.2) is 36.4 Å². The van der Waals surface area contributed by atoms with Gasteiger partial charge in [-0.15, -0.1) is 0 Å². The molecule has 5 heteroatoms. The number of H-pyrrole nitrogens is 1. The number of rotatable bonds is 2. The number of benzene rings is 2. The molecule has 1 saturated heterocycles. The summed E-state index contributed by atoms with van der Waals surface area (Å²) in [5, 5.41) is 1.44. The van der Waals surface area contributed by atoms with Crippen molar-refractivity contribution in [3.8, 4) is 0 Å². The standard InChI is InChI=1S/C22H22ClFN2O/c1-13-6-7-19-16(12-13)14(2)21(25-19)15-8-10-26(11-9-15)22(27)20-17(23)4-3-5-18(20)24/h3-7,12,15,25H,8-11H2,1-2H3. The molecule has 3 aromatic rings. The lowest BCUT2D eigenvalue weighted by molar-refractivity contribution is 0.0707. The topological polar surface area (TPSA) is 36.1 Å². The highest BCUT2D eigenvalue weighted by Gasteiger charge is 2.29. The fourth-order valence-electron chi connectivity index (χ4n) is 4.10. The van der Waals surface area contributed by atoms with Crippen LogP contribution in [0.3, 0.4) is 0 Å². The summed E-state index contributed by atoms with van der Waals surface area (Å²) in [6.45, 7) is 5.46. The van der Waals surface area contributed by atoms with E-state index in [9.17, 15) is 9.18 Å². The molecule has 140 valence electrons. The van der Waals surface area contributed by atoms with E-state index in [1.54, 1.807) is 11.0 Å². The third kappa shape index (κ3) is 3.23. The molecule has 27 heavy (non-hydrogen) atoms. The van der Waals surface area contributed by atoms with E-state index in [2.05, 4.69) is 37.0 Å². The van der Waals surface area contributed by atoms with E-state index >= 15 is 0 Å². The highest BCUT2D eigenvalue weighted by atomic mass is 35.5. The second-order valence-electron chi connectivity index (χ2n) is 7.38. The molecule has 0 saturated carbocycles. The largest absolute Gasteiger partial charge is 0.358 e. The smallest absolute Gasteiger partial charge is 0.258 e. The minimum atomic E-state index is -0.559. The number of nitrogens with zero attached hydrogens (tertiary/aromatic N) is 1. The number of carbonyl (C=O) groups is 1. The molecule has 2 heterocycles. The fourth-order valence-corrected chi connectivity index (χ4v) is 4.34. The molecule has 0 atom stereocenters. The average molecular weight is 385 g/mol. The Kier molecular flexibility index (Phi) is 4.68. The van der Waals surface area contributed by atoms with Gasteiger partial charge in [0.2, 0.25) is 0 Å². The lowest BCUT2D eigenvalue weighted by atomic mass is 9.91. The van der Waals surface area contributed by atoms with Gasteiger partial charge in [-0.2, -0.15) is 0 Å². The van der Waals surface area contributed by atoms with Crippen molar-refractivity contribution < 1.29 is 9.18 Å². The lowest BCUT2D eigenvalue weighted by Crippen LogP contribution is -2.38. The molecule has 1 N–H and O–H groups in total. The van der Waals surface area contributed by atoms with Crippen molar-refractivity contribution in [3.63, 3.8) is 0 Å². The summed E-state index contributed by atoms with van der Waals surface area (Å²) >= 11 is 6.05. The van der Waals surface area contributed by atoms with Gasteiger partial charge >= 0.3 is 0 Å². The van der Waals surface area contributed by atoms with Crippen molar-refractivity contribution in [2.45, 2.75) is 32.6 Å². The monoisotopic (exact) mass is 384 g/mol. The Balaban J connectivity index is 1.53. The predicted molar refractivity (Wildman–Crippen MR) is 107 cm³/mol. The van der Waals surface area contributed by atoms with Crippen LogP contribution >= 0.6 is 11.6 Å². The maximum absolute atomic E-state index is 14.1. The van der Waals surface area contributed by atoms with E-state index in [0.29, 0.717) is 19.0 Å². The molecule has 1 aliphatic rings. The van der Waals surface area contributed by atoms with E-state index in [4.69, 9.17) is 11.6 Å². The van der Waals surface area contributed by atoms with E-state index in [-0.39, 0.29) is 16.5 Å². The Morgan fingerprint density at radius 1 is 1.19 bits per heavy atom. The zero-order chi connectivity index (χ0) is 19.1. The average Bonchev–Trinajstić information content (AvgIpc) is 2.98. The Hall–Kier alpha value is -2.33. The number of amides is 1. The Morgan fingerprint density at radius 3 is 2.63 bits per heavy atom. The number of halogens is 2. The van der Waals surface area contributed by atoms with Gasteiger partial charge in [-0.1, -0.05) is 29.3 Å². The van der Waals surface area contributed by atoms with Crippen LogP contribution in [0.4, 0.5) is 4.39 Å². The minimum Gasteiger partial charge on any atom is -0.358 e. The Labute approximate surface area is 163 Å². The number of nitrogens with one attached hydrogen (secondary N) is 1. The van der Waals surface area contributed by atoms with Crippen LogP contribution in [0, 0.1) is 19.7 Å². The maximum Gasteiger partial charge on any atom is 0.258 e. The van der Waals surface area contributed by atoms with Crippen molar-refractivity contribution in [1.82, 2.24) is 9.88 Å². The number of fused-ring (bicyclic) bond motifs is 1. The molecule has 1 amide bonds. The molecule has 4 rings (SSSR count). The zero-order valence-electron chi connectivity index (χ0n) is 15.5. The summed E-state index contributed by atoms with van der Waals surface area (Å²) in [5.41, 5.74) is 4.93. The van der Waals surface area contributed by atoms with Crippen molar-refractivity contribution >= 4 is 28.4 Å². The molecule has 0 bridgehead atoms. The summed E-state index contributed by atoms with van der Waals surface area (Å²) in [5.74, 6) is -0.505. The van der Waals surface area contributed by atoms with Crippen LogP contribution in [0.5, 0.6) is 0 Å². The molecule has 0 radical (unpaired) electrons. The summed E-state index contributed by atoms with van der Waals surface area (Å²) in [6, 6.07) is 10.8. The first-order valence-electron chi connectivity index (χ1n) is 9.28. The van der Waals surface area contributed by atoms with Crippen molar-refractivity contribution in [3.05, 3.63) is 69.6 Å². The number of piperidine rings is 1. The van der Waals surface area contributed by atoms with Gasteiger partial charge in [0.25, 0.3) is 5.91 Å². The molecular formula is C22H22ClFN2O. The second kappa shape index (κ2) is 7.01. The first kappa shape index (κ1) is 18.1. The zero-order valence-corrected chi connectivity index (χ0v) is 16.2. The van der Waals surface area contributed by atoms with Crippen LogP contribution in [0.2, 0.25) is 5.02 Å². The molecule has 1 aromatic heterocycles. The highest BCUT2D eigenvalue weighted by Crippen LogP contribution is 2.34. The molecule has 0 aliphatic carbocycles. The van der Waals surface area contributed by atoms with Gasteiger partial charge in [-0.05, 0) is 56.5 Å². The van der Waals surface area contributed by atoms with Gasteiger partial charge in [0.15, 0.2) is 0 Å². The predicted octanol–water partition coefficient (Wildman–Crippen LogP) is 5.60. The van der Waals surface area contributed by atoms with E-state index in [1.807, 2.05) is 0 Å². The summed E-state index contributed by atoms with van der Waals surface area (Å²) < 4.78 is 14.1. The van der Waals surface area contributed by atoms with Gasteiger partial charge in [0.1, 0.15) is 5.82 Å². The SMILES string of the molecule is Cc1ccc2[nH]c(C3CCN(C(=O)c4c(F)cccc4Cl)CC3)c(C)c2c1. The van der Waals surface area contributed by atoms with Crippen molar-refractivity contribution in [1.29, 1.82) is 0 Å². The van der Waals surface area contributed by atoms with Crippen LogP contribution in [0.1, 0.15) is 45.9 Å². The Morgan fingerprint density at radius 2 is 1.93 bits per heavy atom. The van der Waals surface area contributed by atoms with Crippen LogP contribution in [-0.4, -0.2) is 28.9 Å². The number of likely N-dealkylation sites (tertiary alicyclic amines) is 1. The molecule has 3 nitrogen and oxygen atoms in total. The first-order valence-corrected chi connectivity index (χ1v) is 9.65. The Bertz CT molecular complexity index is 998. The summed E-state index contributed by atoms with van der Waals surface area (Å²) in [7, 11) is 0. The van der Waals surface area contributed by atoms with Gasteiger partial charge in [0.05, 0.1) is 10.6 Å². The number of aromatic nitrogens is 1. The van der Waals surface area contributed by atoms with Crippen molar-refractivity contribution in [2.24, 2.45) is 0 Å². The number of aryl methyl sites for hydroxylation is 2. The molecular weight excluding hydrogens is 363 g/mol. The lowest BCUT2D eigenvalue weighted by Gasteiger charge is -2.32. The third-order valence-electron chi connectivity index (χ3n) is 5.62. The molecule has 1 aliphatic heterocycles. The van der Waals surface area contributed by atoms with E-state index in [0.717, 1.165) is 18.4 Å². The van der Waals surface area contributed by atoms with Crippen LogP contribution in [-0.2, 0) is 0 Å². The summed E-state index contributed by atoms with van der Waals surface area (Å²) in [6.07, 6.45) is 1.70. The minimum absolute atomic E-state index is 0.0186. The second-order valence-corrected chi connectivity index (χ2v) is 7.78. The van der Waals surface area contributed by atoms with Gasteiger partial charge in [-0.3, -0.25) is 4.79 Å². The number of hydrogen-bond acceptors (Lipinski definition) is 1. The summed E-state index contributed by atoms with van der Waals surface area (Å²) in [4.78, 5) is 18.0. The number of carbonyl (C=O) groups excluding carboxylic acids is 1. The van der Waals surface area contributed by atoms with Gasteiger partial charge < -0.3 is 9.88 Å². The van der Waals surface area contributed by atoms with Gasteiger partial charge in [-0.25, -0.2) is 4.39 Å². The number of aromatic amines is 1. The quantitative estimate of drug-likeness (QED) is 0.613. The van der Waals surface area contributed by atoms with Crippen molar-refractivity contribution in [2.75, 3.05) is 13.1 Å². The molecule has 1 fully saturated rings. The molecule has 0 spiro atoms. The molecule has 0 unspecified atom stereocenters. The van der Waals surface area contributed by atoms with Crippen LogP contribution < -0.4 is 0 Å². The first-order chi connectivity index (χ1) is 13.0. The normalized spacial score (nSPS) is 15.5. The number of hydrogen-bond donors (Lipinski definition) is 1. The highest BCUT2D eigenvalue weighted by molar-refractivity contribution is 6.33.